The second-order valence-electron chi connectivity index (χ2n) is 14.3. The zero-order valence-corrected chi connectivity index (χ0v) is 30.6. The molecule has 3 heterocycles. The number of anilines is 2. The summed E-state index contributed by atoms with van der Waals surface area (Å²) < 4.78 is 5.50. The Kier molecular flexibility index (Phi) is 9.70. The molecule has 53 heavy (non-hydrogen) atoms. The molecule has 0 bridgehead atoms. The van der Waals surface area contributed by atoms with E-state index in [4.69, 9.17) is 15.0 Å². The van der Waals surface area contributed by atoms with Crippen molar-refractivity contribution in [1.82, 2.24) is 10.6 Å². The van der Waals surface area contributed by atoms with Gasteiger partial charge in [0.25, 0.3) is 0 Å². The number of esters is 1. The minimum absolute atomic E-state index is 0.0652. The Morgan fingerprint density at radius 2 is 1.43 bits per heavy atom. The van der Waals surface area contributed by atoms with Gasteiger partial charge in [0.15, 0.2) is 0 Å². The Balaban J connectivity index is 0.850. The van der Waals surface area contributed by atoms with Gasteiger partial charge in [0.2, 0.25) is 0 Å². The first-order valence-corrected chi connectivity index (χ1v) is 19.3. The van der Waals surface area contributed by atoms with Crippen molar-refractivity contribution in [3.8, 4) is 0 Å². The molecule has 11 nitrogen and oxygen atoms in total. The minimum atomic E-state index is -0.249. The number of carbonyl (C=O) groups is 2. The number of azo groups is 2. The van der Waals surface area contributed by atoms with Crippen molar-refractivity contribution >= 4 is 79.4 Å². The van der Waals surface area contributed by atoms with Crippen LogP contribution in [0.25, 0.3) is 21.5 Å². The van der Waals surface area contributed by atoms with Gasteiger partial charge in [0.05, 0.1) is 41.4 Å². The van der Waals surface area contributed by atoms with E-state index >= 15 is 0 Å². The van der Waals surface area contributed by atoms with Crippen molar-refractivity contribution in [3.05, 3.63) is 96.6 Å². The van der Waals surface area contributed by atoms with E-state index in [0.717, 1.165) is 86.2 Å². The van der Waals surface area contributed by atoms with E-state index in [9.17, 15) is 9.59 Å². The maximum Gasteiger partial charge on any atom is 0.315 e. The molecule has 0 spiro atoms. The van der Waals surface area contributed by atoms with Crippen LogP contribution in [0.3, 0.4) is 0 Å². The van der Waals surface area contributed by atoms with Crippen LogP contribution in [0.1, 0.15) is 45.1 Å². The second kappa shape index (κ2) is 14.9. The summed E-state index contributed by atoms with van der Waals surface area (Å²) in [5, 5.41) is 36.0. The number of ether oxygens (including phenoxy) is 1. The second-order valence-corrected chi connectivity index (χ2v) is 15.6. The highest BCUT2D eigenvalue weighted by atomic mass is 32.2. The van der Waals surface area contributed by atoms with Gasteiger partial charge in [0.1, 0.15) is 5.66 Å². The van der Waals surface area contributed by atoms with Crippen LogP contribution in [0.15, 0.2) is 111 Å². The lowest BCUT2D eigenvalue weighted by molar-refractivity contribution is -0.143. The Bertz CT molecular complexity index is 2220. The fraction of sp³-hybridized carbons (Fsp3) is 0.317. The third-order valence-electron chi connectivity index (χ3n) is 9.98. The average molecular weight is 727 g/mol. The Morgan fingerprint density at radius 1 is 0.774 bits per heavy atom. The molecule has 2 fully saturated rings. The van der Waals surface area contributed by atoms with Crippen LogP contribution in [-0.4, -0.2) is 47.4 Å². The highest BCUT2D eigenvalue weighted by Gasteiger charge is 2.42. The van der Waals surface area contributed by atoms with Crippen LogP contribution in [0.5, 0.6) is 0 Å². The van der Waals surface area contributed by atoms with Crippen molar-refractivity contribution in [2.75, 3.05) is 23.0 Å². The highest BCUT2D eigenvalue weighted by Crippen LogP contribution is 2.42. The Labute approximate surface area is 312 Å². The van der Waals surface area contributed by atoms with Crippen LogP contribution in [0.4, 0.5) is 38.9 Å². The minimum Gasteiger partial charge on any atom is -0.465 e. The maximum atomic E-state index is 12.3. The molecular weight excluding hydrogens is 685 g/mol. The summed E-state index contributed by atoms with van der Waals surface area (Å²) in [4.78, 5) is 23.9. The van der Waals surface area contributed by atoms with Gasteiger partial charge in [-0.05, 0) is 74.7 Å². The fourth-order valence-electron chi connectivity index (χ4n) is 7.39. The zero-order valence-electron chi connectivity index (χ0n) is 29.8. The molecule has 0 unspecified atom stereocenters. The topological polar surface area (TPSA) is 141 Å². The molecule has 0 aliphatic carbocycles. The quantitative estimate of drug-likeness (QED) is 0.0437. The first kappa shape index (κ1) is 34.6. The number of unbranched alkanes of at least 4 members (excludes halogenated alkanes) is 1. The number of nitrogens with zero attached hydrogens (tertiary/aromatic N) is 4. The number of benzene rings is 5. The number of carbonyl (C=O) groups excluding carboxylic acids is 2. The van der Waals surface area contributed by atoms with Crippen LogP contribution in [0.2, 0.25) is 0 Å². The summed E-state index contributed by atoms with van der Waals surface area (Å²) in [6.07, 6.45) is 3.76. The maximum absolute atomic E-state index is 12.3. The van der Waals surface area contributed by atoms with Crippen LogP contribution in [-0.2, 0) is 16.0 Å². The number of nitrogens with one attached hydrogen (secondary N) is 4. The third kappa shape index (κ3) is 7.68. The Morgan fingerprint density at radius 3 is 2.19 bits per heavy atom. The van der Waals surface area contributed by atoms with Gasteiger partial charge < -0.3 is 26.0 Å². The molecule has 5 aromatic rings. The van der Waals surface area contributed by atoms with Gasteiger partial charge in [0, 0.05) is 56.8 Å². The number of hydrogen-bond acceptors (Lipinski definition) is 10. The predicted molar refractivity (Wildman–Crippen MR) is 213 cm³/mol. The number of hydrogen-bond donors (Lipinski definition) is 4. The first-order valence-electron chi connectivity index (χ1n) is 18.2. The molecule has 0 aromatic heterocycles. The van der Waals surface area contributed by atoms with Crippen molar-refractivity contribution in [2.45, 2.75) is 68.9 Å². The van der Waals surface area contributed by atoms with E-state index in [2.05, 4.69) is 63.5 Å². The normalized spacial score (nSPS) is 20.0. The summed E-state index contributed by atoms with van der Waals surface area (Å²) in [5.41, 5.74) is 5.98. The largest absolute Gasteiger partial charge is 0.465 e. The van der Waals surface area contributed by atoms with Crippen LogP contribution in [0, 0.1) is 0 Å². The molecule has 8 rings (SSSR count). The van der Waals surface area contributed by atoms with Crippen molar-refractivity contribution in [2.24, 2.45) is 20.5 Å². The van der Waals surface area contributed by atoms with Crippen LogP contribution >= 0.6 is 11.8 Å². The zero-order chi connectivity index (χ0) is 36.4. The molecule has 0 saturated carbocycles. The fourth-order valence-corrected chi connectivity index (χ4v) is 8.94. The number of urea groups is 1. The van der Waals surface area contributed by atoms with E-state index < -0.39 is 0 Å². The summed E-state index contributed by atoms with van der Waals surface area (Å²) in [6.45, 7) is 4.57. The van der Waals surface area contributed by atoms with E-state index in [1.807, 2.05) is 84.6 Å². The summed E-state index contributed by atoms with van der Waals surface area (Å²) in [5.74, 6) is 0.781. The standard InChI is InChI=1S/C41H42N8O3S/c1-41(2)44-33-11-7-10-29-32(20-21-34(45-41)38(29)33)49-48-31-19-18-30(27-8-3-4-9-28(27)31)47-46-26-16-14-25(15-17-26)22-23-52-37(50)13-6-5-12-36-39-35(24-53-36)42-40(51)43-39/h3-4,7-11,14-21,35-36,39,44-45H,5-6,12-13,22-24H2,1-2H3,(H2,42,43,51)/b47-46+,49-48+/t35-,36-,39-/m1/s1. The smallest absolute Gasteiger partial charge is 0.315 e. The van der Waals surface area contributed by atoms with Gasteiger partial charge in [-0.3, -0.25) is 4.79 Å². The van der Waals surface area contributed by atoms with E-state index in [1.54, 1.807) is 0 Å². The lowest BCUT2D eigenvalue weighted by atomic mass is 10.00. The van der Waals surface area contributed by atoms with Gasteiger partial charge in [-0.25, -0.2) is 4.79 Å². The van der Waals surface area contributed by atoms with E-state index in [1.165, 1.54) is 0 Å². The lowest BCUT2D eigenvalue weighted by Crippen LogP contribution is -2.41. The monoisotopic (exact) mass is 726 g/mol. The molecule has 2 saturated heterocycles. The SMILES string of the molecule is CC1(C)Nc2cccc3c(/N=N/c4ccc(/N=N/c5ccc(CCOC(=O)CCCC[C@H]6SC[C@H]7NC(=O)N[C@H]76)cc5)c5ccccc45)ccc(c23)N1. The van der Waals surface area contributed by atoms with Crippen molar-refractivity contribution in [1.29, 1.82) is 0 Å². The van der Waals surface area contributed by atoms with Gasteiger partial charge >= 0.3 is 12.0 Å². The van der Waals surface area contributed by atoms with Crippen molar-refractivity contribution < 1.29 is 14.3 Å². The summed E-state index contributed by atoms with van der Waals surface area (Å²) in [6, 6.07) is 30.3. The molecular formula is C41H42N8O3S. The van der Waals surface area contributed by atoms with Crippen LogP contribution < -0.4 is 21.3 Å². The van der Waals surface area contributed by atoms with Gasteiger partial charge in [-0.15, -0.1) is 15.3 Å². The number of thioether (sulfide) groups is 1. The first-order chi connectivity index (χ1) is 25.8. The molecule has 5 aromatic carbocycles. The molecule has 270 valence electrons. The third-order valence-corrected chi connectivity index (χ3v) is 11.5. The van der Waals surface area contributed by atoms with E-state index in [0.29, 0.717) is 24.7 Å². The average Bonchev–Trinajstić information content (AvgIpc) is 3.71. The molecule has 0 radical (unpaired) electrons. The molecule has 3 atom stereocenters. The number of amides is 2. The summed E-state index contributed by atoms with van der Waals surface area (Å²) in [7, 11) is 0. The number of rotatable bonds is 12. The molecule has 12 heteroatoms. The van der Waals surface area contributed by atoms with Gasteiger partial charge in [-0.1, -0.05) is 55.0 Å². The predicted octanol–water partition coefficient (Wildman–Crippen LogP) is 10.2. The molecule has 3 aliphatic heterocycles. The van der Waals surface area contributed by atoms with Crippen molar-refractivity contribution in [3.63, 3.8) is 0 Å². The number of fused-ring (bicyclic) bond motifs is 2. The molecule has 3 aliphatic rings. The molecule has 2 amide bonds. The summed E-state index contributed by atoms with van der Waals surface area (Å²) >= 11 is 1.90. The highest BCUT2D eigenvalue weighted by molar-refractivity contribution is 8.00. The molecule has 4 N–H and O–H groups in total. The van der Waals surface area contributed by atoms with Gasteiger partial charge in [-0.2, -0.15) is 16.9 Å². The Hall–Kier alpha value is -5.49. The lowest BCUT2D eigenvalue weighted by Gasteiger charge is -2.36. The van der Waals surface area contributed by atoms with E-state index in [-0.39, 0.29) is 29.7 Å².